The van der Waals surface area contributed by atoms with Crippen LogP contribution in [0.4, 0.5) is 0 Å². The number of hydrogen-bond donors (Lipinski definition) is 2. The van der Waals surface area contributed by atoms with Gasteiger partial charge in [0.15, 0.2) is 6.04 Å². The minimum Gasteiger partial charge on any atom is -0.494 e. The van der Waals surface area contributed by atoms with Crippen LogP contribution >= 0.6 is 12.4 Å². The first kappa shape index (κ1) is 25.4. The second-order valence-corrected chi connectivity index (χ2v) is 6.62. The standard InChI is InChI=1S/C22H28N2O5.ClH/c23-13-5-2-6-14-28-20-11-9-18(10-12-20)15-21(22(26)27)24(17-25)29-16-19-7-3-1-4-8-19;/h1,3-4,7-12,17,21H,2,5-6,13-16,23H2,(H,26,27);1H. The smallest absolute Gasteiger partial charge is 0.329 e. The lowest BCUT2D eigenvalue weighted by molar-refractivity contribution is -0.200. The highest BCUT2D eigenvalue weighted by molar-refractivity contribution is 5.85. The van der Waals surface area contributed by atoms with Crippen LogP contribution in [0.2, 0.25) is 0 Å². The number of nitrogens with two attached hydrogens (primary N) is 1. The van der Waals surface area contributed by atoms with Gasteiger partial charge in [0.05, 0.1) is 6.61 Å². The molecule has 2 rings (SSSR count). The molecule has 30 heavy (non-hydrogen) atoms. The van der Waals surface area contributed by atoms with Gasteiger partial charge in [0, 0.05) is 6.42 Å². The van der Waals surface area contributed by atoms with Gasteiger partial charge in [0.1, 0.15) is 12.4 Å². The van der Waals surface area contributed by atoms with Gasteiger partial charge in [-0.3, -0.25) is 9.63 Å². The number of rotatable bonds is 14. The average Bonchev–Trinajstić information content (AvgIpc) is 2.74. The summed E-state index contributed by atoms with van der Waals surface area (Å²) in [6.07, 6.45) is 3.48. The number of aliphatic carboxylic acids is 1. The Morgan fingerprint density at radius 1 is 1.03 bits per heavy atom. The van der Waals surface area contributed by atoms with E-state index in [1.165, 1.54) is 0 Å². The van der Waals surface area contributed by atoms with Crippen LogP contribution < -0.4 is 10.5 Å². The number of carbonyl (C=O) groups is 2. The van der Waals surface area contributed by atoms with Crippen LogP contribution in [-0.4, -0.2) is 41.7 Å². The molecule has 0 aromatic heterocycles. The van der Waals surface area contributed by atoms with E-state index in [-0.39, 0.29) is 25.4 Å². The van der Waals surface area contributed by atoms with Crippen molar-refractivity contribution >= 4 is 24.8 Å². The number of amides is 1. The highest BCUT2D eigenvalue weighted by atomic mass is 35.5. The summed E-state index contributed by atoms with van der Waals surface area (Å²) in [5.74, 6) is -0.411. The van der Waals surface area contributed by atoms with Crippen molar-refractivity contribution in [2.45, 2.75) is 38.3 Å². The number of hydrogen-bond acceptors (Lipinski definition) is 5. The van der Waals surface area contributed by atoms with Gasteiger partial charge in [0.25, 0.3) is 0 Å². The molecule has 1 unspecified atom stereocenters. The predicted molar refractivity (Wildman–Crippen MR) is 116 cm³/mol. The van der Waals surface area contributed by atoms with E-state index in [0.717, 1.165) is 41.2 Å². The second kappa shape index (κ2) is 14.4. The van der Waals surface area contributed by atoms with Crippen LogP contribution in [0.25, 0.3) is 0 Å². The van der Waals surface area contributed by atoms with Crippen molar-refractivity contribution in [2.24, 2.45) is 5.73 Å². The molecule has 7 nitrogen and oxygen atoms in total. The van der Waals surface area contributed by atoms with Gasteiger partial charge in [-0.15, -0.1) is 12.4 Å². The van der Waals surface area contributed by atoms with Gasteiger partial charge >= 0.3 is 5.97 Å². The summed E-state index contributed by atoms with van der Waals surface area (Å²) in [5, 5.41) is 10.4. The van der Waals surface area contributed by atoms with E-state index in [4.69, 9.17) is 15.3 Å². The predicted octanol–water partition coefficient (Wildman–Crippen LogP) is 3.20. The molecule has 0 aliphatic carbocycles. The minimum absolute atomic E-state index is 0. The molecule has 0 aliphatic rings. The third-order valence-electron chi connectivity index (χ3n) is 4.39. The summed E-state index contributed by atoms with van der Waals surface area (Å²) in [6.45, 7) is 1.41. The molecule has 8 heteroatoms. The Morgan fingerprint density at radius 3 is 2.33 bits per heavy atom. The van der Waals surface area contributed by atoms with Crippen molar-refractivity contribution in [2.75, 3.05) is 13.2 Å². The van der Waals surface area contributed by atoms with Gasteiger partial charge < -0.3 is 15.6 Å². The van der Waals surface area contributed by atoms with Crippen molar-refractivity contribution in [3.05, 3.63) is 65.7 Å². The number of nitrogens with zero attached hydrogens (tertiary/aromatic N) is 1. The molecule has 0 radical (unpaired) electrons. The first-order valence-corrected chi connectivity index (χ1v) is 9.69. The molecule has 0 bridgehead atoms. The molecule has 0 aliphatic heterocycles. The van der Waals surface area contributed by atoms with Gasteiger partial charge in [0.2, 0.25) is 6.41 Å². The van der Waals surface area contributed by atoms with Crippen molar-refractivity contribution < 1.29 is 24.3 Å². The highest BCUT2D eigenvalue weighted by Crippen LogP contribution is 2.16. The van der Waals surface area contributed by atoms with E-state index >= 15 is 0 Å². The maximum atomic E-state index is 11.7. The summed E-state index contributed by atoms with van der Waals surface area (Å²) < 4.78 is 5.67. The zero-order chi connectivity index (χ0) is 20.9. The number of ether oxygens (including phenoxy) is 1. The maximum absolute atomic E-state index is 11.7. The third-order valence-corrected chi connectivity index (χ3v) is 4.39. The van der Waals surface area contributed by atoms with Crippen LogP contribution in [-0.2, 0) is 27.5 Å². The Hall–Kier alpha value is -2.61. The number of unbranched alkanes of at least 4 members (excludes halogenated alkanes) is 2. The molecular weight excluding hydrogens is 408 g/mol. The normalized spacial score (nSPS) is 11.2. The van der Waals surface area contributed by atoms with Gasteiger partial charge in [-0.05, 0) is 49.1 Å². The number of benzene rings is 2. The fraction of sp³-hybridized carbons (Fsp3) is 0.364. The van der Waals surface area contributed by atoms with Crippen LogP contribution in [0, 0.1) is 0 Å². The SMILES string of the molecule is Cl.NCCCCCOc1ccc(CC(C(=O)O)N(C=O)OCc2ccccc2)cc1. The number of carboxylic acids is 1. The molecule has 0 spiro atoms. The number of halogens is 1. The molecule has 2 aromatic rings. The van der Waals surface area contributed by atoms with E-state index in [1.807, 2.05) is 30.3 Å². The average molecular weight is 437 g/mol. The lowest BCUT2D eigenvalue weighted by atomic mass is 10.1. The van der Waals surface area contributed by atoms with Crippen LogP contribution in [0.3, 0.4) is 0 Å². The first-order chi connectivity index (χ1) is 14.1. The fourth-order valence-corrected chi connectivity index (χ4v) is 2.76. The molecule has 1 amide bonds. The highest BCUT2D eigenvalue weighted by Gasteiger charge is 2.26. The number of hydroxylamine groups is 2. The van der Waals surface area contributed by atoms with Crippen LogP contribution in [0.1, 0.15) is 30.4 Å². The van der Waals surface area contributed by atoms with E-state index < -0.39 is 12.0 Å². The zero-order valence-electron chi connectivity index (χ0n) is 16.8. The van der Waals surface area contributed by atoms with Crippen molar-refractivity contribution in [3.63, 3.8) is 0 Å². The molecule has 164 valence electrons. The molecule has 0 saturated heterocycles. The van der Waals surface area contributed by atoms with Crippen molar-refractivity contribution in [1.82, 2.24) is 5.06 Å². The number of carbonyl (C=O) groups excluding carboxylic acids is 1. The van der Waals surface area contributed by atoms with Crippen LogP contribution in [0.15, 0.2) is 54.6 Å². The molecule has 3 N–H and O–H groups in total. The monoisotopic (exact) mass is 436 g/mol. The maximum Gasteiger partial charge on any atom is 0.329 e. The van der Waals surface area contributed by atoms with E-state index in [0.29, 0.717) is 19.6 Å². The Kier molecular flexibility index (Phi) is 12.2. The Balaban J connectivity index is 0.00000450. The third kappa shape index (κ3) is 8.82. The summed E-state index contributed by atoms with van der Waals surface area (Å²) >= 11 is 0. The summed E-state index contributed by atoms with van der Waals surface area (Å²) in [4.78, 5) is 28.5. The summed E-state index contributed by atoms with van der Waals surface area (Å²) in [7, 11) is 0. The molecule has 0 heterocycles. The summed E-state index contributed by atoms with van der Waals surface area (Å²) in [6, 6.07) is 15.3. The molecular formula is C22H29ClN2O5. The van der Waals surface area contributed by atoms with E-state index in [2.05, 4.69) is 0 Å². The quantitative estimate of drug-likeness (QED) is 0.268. The van der Waals surface area contributed by atoms with Gasteiger partial charge in [-0.1, -0.05) is 42.5 Å². The Bertz CT molecular complexity index is 743. The van der Waals surface area contributed by atoms with E-state index in [9.17, 15) is 14.7 Å². The zero-order valence-corrected chi connectivity index (χ0v) is 17.6. The number of carboxylic acid groups (broad SMARTS) is 1. The summed E-state index contributed by atoms with van der Waals surface area (Å²) in [5.41, 5.74) is 7.07. The van der Waals surface area contributed by atoms with Gasteiger partial charge in [-0.2, -0.15) is 0 Å². The Morgan fingerprint density at radius 2 is 1.73 bits per heavy atom. The van der Waals surface area contributed by atoms with Crippen molar-refractivity contribution in [1.29, 1.82) is 0 Å². The van der Waals surface area contributed by atoms with Gasteiger partial charge in [-0.25, -0.2) is 9.86 Å². The molecule has 2 aromatic carbocycles. The second-order valence-electron chi connectivity index (χ2n) is 6.62. The topological polar surface area (TPSA) is 102 Å². The largest absolute Gasteiger partial charge is 0.494 e. The van der Waals surface area contributed by atoms with Crippen LogP contribution in [0.5, 0.6) is 5.75 Å². The lowest BCUT2D eigenvalue weighted by Crippen LogP contribution is -2.41. The molecule has 0 fully saturated rings. The Labute approximate surface area is 183 Å². The molecule has 1 atom stereocenters. The van der Waals surface area contributed by atoms with E-state index in [1.54, 1.807) is 24.3 Å². The first-order valence-electron chi connectivity index (χ1n) is 9.69. The van der Waals surface area contributed by atoms with Crippen molar-refractivity contribution in [3.8, 4) is 5.75 Å². The lowest BCUT2D eigenvalue weighted by Gasteiger charge is -2.24. The molecule has 0 saturated carbocycles. The fourth-order valence-electron chi connectivity index (χ4n) is 2.76. The minimum atomic E-state index is -1.13.